The average Bonchev–Trinajstić information content (AvgIpc) is 2.86. The Morgan fingerprint density at radius 3 is 2.26 bits per heavy atom. The molecule has 0 aromatic heterocycles. The molecule has 2 aromatic rings. The Labute approximate surface area is 201 Å². The fourth-order valence-electron chi connectivity index (χ4n) is 4.66. The van der Waals surface area contributed by atoms with Gasteiger partial charge >= 0.3 is 11.7 Å². The van der Waals surface area contributed by atoms with Gasteiger partial charge in [0.2, 0.25) is 0 Å². The van der Waals surface area contributed by atoms with E-state index in [2.05, 4.69) is 5.32 Å². The average molecular weight is 491 g/mol. The highest BCUT2D eigenvalue weighted by Gasteiger charge is 2.38. The summed E-state index contributed by atoms with van der Waals surface area (Å²) in [5.41, 5.74) is -1.43. The van der Waals surface area contributed by atoms with Crippen LogP contribution in [0.15, 0.2) is 30.3 Å². The van der Waals surface area contributed by atoms with Gasteiger partial charge in [-0.05, 0) is 24.8 Å². The standard InChI is InChI=1S/C24H28F2N4O5/c25-18-20(27-17(24(31)32)15-16-7-3-1-4-8-16)23(30(33)34)22(28-9-5-2-6-10-28)19(26)21(18)29-11-13-35-14-12-29/h1,3-4,7-8,17,27H,2,5-6,9-15H2,(H,31,32)/t17-/m0/s1. The fourth-order valence-corrected chi connectivity index (χ4v) is 4.66. The Bertz CT molecular complexity index is 1070. The van der Waals surface area contributed by atoms with E-state index in [1.165, 1.54) is 4.90 Å². The molecule has 2 heterocycles. The zero-order chi connectivity index (χ0) is 24.9. The lowest BCUT2D eigenvalue weighted by Gasteiger charge is -2.34. The lowest BCUT2D eigenvalue weighted by atomic mass is 10.0. The number of hydrogen-bond donors (Lipinski definition) is 2. The third kappa shape index (κ3) is 5.29. The second-order valence-corrected chi connectivity index (χ2v) is 8.68. The van der Waals surface area contributed by atoms with Crippen molar-refractivity contribution in [1.29, 1.82) is 0 Å². The summed E-state index contributed by atoms with van der Waals surface area (Å²) in [7, 11) is 0. The number of nitro groups is 1. The first-order chi connectivity index (χ1) is 16.9. The number of benzene rings is 2. The van der Waals surface area contributed by atoms with E-state index in [0.29, 0.717) is 18.7 Å². The monoisotopic (exact) mass is 490 g/mol. The Hall–Kier alpha value is -3.47. The number of carboxylic acid groups (broad SMARTS) is 1. The maximum absolute atomic E-state index is 15.9. The smallest absolute Gasteiger partial charge is 0.326 e. The number of halogens is 2. The molecular weight excluding hydrogens is 462 g/mol. The minimum atomic E-state index is -1.37. The SMILES string of the molecule is O=C(O)[C@H](Cc1ccccc1)Nc1c(F)c(N2CCOCC2)c(F)c(N2CCCCC2)c1[N+](=O)[O-]. The first-order valence-corrected chi connectivity index (χ1v) is 11.7. The molecule has 188 valence electrons. The second-order valence-electron chi connectivity index (χ2n) is 8.68. The molecule has 0 bridgehead atoms. The minimum absolute atomic E-state index is 0.0456. The van der Waals surface area contributed by atoms with Gasteiger partial charge in [-0.2, -0.15) is 0 Å². The molecule has 0 amide bonds. The van der Waals surface area contributed by atoms with Crippen molar-refractivity contribution < 1.29 is 28.3 Å². The van der Waals surface area contributed by atoms with Gasteiger partial charge in [0.1, 0.15) is 11.7 Å². The van der Waals surface area contributed by atoms with E-state index in [1.54, 1.807) is 35.2 Å². The number of carbonyl (C=O) groups is 1. The van der Waals surface area contributed by atoms with Gasteiger partial charge in [0, 0.05) is 32.6 Å². The molecule has 2 aliphatic rings. The number of morpholine rings is 1. The number of nitrogens with zero attached hydrogens (tertiary/aromatic N) is 3. The molecular formula is C24H28F2N4O5. The molecule has 2 saturated heterocycles. The number of ether oxygens (including phenoxy) is 1. The summed E-state index contributed by atoms with van der Waals surface area (Å²) < 4.78 is 37.2. The molecule has 0 spiro atoms. The molecule has 2 aromatic carbocycles. The highest BCUT2D eigenvalue weighted by Crippen LogP contribution is 2.46. The van der Waals surface area contributed by atoms with Gasteiger partial charge < -0.3 is 25.0 Å². The van der Waals surface area contributed by atoms with E-state index < -0.39 is 45.6 Å². The number of carboxylic acids is 1. The molecule has 0 unspecified atom stereocenters. The van der Waals surface area contributed by atoms with Crippen molar-refractivity contribution in [2.24, 2.45) is 0 Å². The van der Waals surface area contributed by atoms with Gasteiger partial charge in [0.25, 0.3) is 0 Å². The lowest BCUT2D eigenvalue weighted by molar-refractivity contribution is -0.383. The van der Waals surface area contributed by atoms with E-state index in [4.69, 9.17) is 4.74 Å². The van der Waals surface area contributed by atoms with Gasteiger partial charge in [-0.3, -0.25) is 10.1 Å². The maximum Gasteiger partial charge on any atom is 0.326 e. The van der Waals surface area contributed by atoms with Crippen molar-refractivity contribution in [3.05, 3.63) is 57.6 Å². The predicted octanol–water partition coefficient (Wildman–Crippen LogP) is 3.81. The van der Waals surface area contributed by atoms with E-state index in [-0.39, 0.29) is 38.4 Å². The Morgan fingerprint density at radius 1 is 1.03 bits per heavy atom. The van der Waals surface area contributed by atoms with Gasteiger partial charge in [0.15, 0.2) is 23.0 Å². The summed E-state index contributed by atoms with van der Waals surface area (Å²) >= 11 is 0. The van der Waals surface area contributed by atoms with Crippen LogP contribution in [0.5, 0.6) is 0 Å². The first-order valence-electron chi connectivity index (χ1n) is 11.7. The van der Waals surface area contributed by atoms with Gasteiger partial charge in [0.05, 0.1) is 18.1 Å². The van der Waals surface area contributed by atoms with Crippen LogP contribution in [0.25, 0.3) is 0 Å². The van der Waals surface area contributed by atoms with Crippen LogP contribution in [0.3, 0.4) is 0 Å². The minimum Gasteiger partial charge on any atom is -0.480 e. The molecule has 1 atom stereocenters. The lowest BCUT2D eigenvalue weighted by Crippen LogP contribution is -2.39. The normalized spacial score (nSPS) is 17.2. The van der Waals surface area contributed by atoms with Crippen LogP contribution in [0.4, 0.5) is 31.5 Å². The van der Waals surface area contributed by atoms with Crippen molar-refractivity contribution in [2.45, 2.75) is 31.7 Å². The summed E-state index contributed by atoms with van der Waals surface area (Å²) in [5.74, 6) is -3.48. The molecule has 11 heteroatoms. The Morgan fingerprint density at radius 2 is 1.66 bits per heavy atom. The van der Waals surface area contributed by atoms with Crippen LogP contribution < -0.4 is 15.1 Å². The summed E-state index contributed by atoms with van der Waals surface area (Å²) in [6, 6.07) is 7.30. The van der Waals surface area contributed by atoms with Gasteiger partial charge in [-0.1, -0.05) is 30.3 Å². The molecule has 4 rings (SSSR count). The Kier molecular flexibility index (Phi) is 7.64. The Balaban J connectivity index is 1.86. The molecule has 0 radical (unpaired) electrons. The highest BCUT2D eigenvalue weighted by molar-refractivity contribution is 5.87. The number of anilines is 3. The molecule has 35 heavy (non-hydrogen) atoms. The molecule has 2 aliphatic heterocycles. The van der Waals surface area contributed by atoms with Crippen molar-refractivity contribution in [1.82, 2.24) is 0 Å². The van der Waals surface area contributed by atoms with Crippen LogP contribution in [-0.4, -0.2) is 61.4 Å². The van der Waals surface area contributed by atoms with Crippen LogP contribution in [0.2, 0.25) is 0 Å². The van der Waals surface area contributed by atoms with Crippen LogP contribution >= 0.6 is 0 Å². The zero-order valence-electron chi connectivity index (χ0n) is 19.2. The van der Waals surface area contributed by atoms with Gasteiger partial charge in [-0.25, -0.2) is 13.6 Å². The van der Waals surface area contributed by atoms with Crippen molar-refractivity contribution >= 4 is 28.7 Å². The maximum atomic E-state index is 15.9. The molecule has 2 N–H and O–H groups in total. The van der Waals surface area contributed by atoms with Crippen LogP contribution in [-0.2, 0) is 16.0 Å². The van der Waals surface area contributed by atoms with Crippen LogP contribution in [0, 0.1) is 21.7 Å². The first kappa shape index (κ1) is 24.6. The number of nitro benzene ring substituents is 1. The molecule has 2 fully saturated rings. The number of rotatable bonds is 8. The number of piperidine rings is 1. The molecule has 9 nitrogen and oxygen atoms in total. The van der Waals surface area contributed by atoms with Crippen molar-refractivity contribution in [2.75, 3.05) is 54.5 Å². The zero-order valence-corrected chi connectivity index (χ0v) is 19.2. The quantitative estimate of drug-likeness (QED) is 0.425. The van der Waals surface area contributed by atoms with Crippen molar-refractivity contribution in [3.63, 3.8) is 0 Å². The van der Waals surface area contributed by atoms with Crippen molar-refractivity contribution in [3.8, 4) is 0 Å². The van der Waals surface area contributed by atoms with E-state index in [1.807, 2.05) is 0 Å². The third-order valence-electron chi connectivity index (χ3n) is 6.39. The number of aliphatic carboxylic acids is 1. The summed E-state index contributed by atoms with van der Waals surface area (Å²) in [6.45, 7) is 1.69. The largest absolute Gasteiger partial charge is 0.480 e. The topological polar surface area (TPSA) is 108 Å². The third-order valence-corrected chi connectivity index (χ3v) is 6.39. The van der Waals surface area contributed by atoms with E-state index >= 15 is 8.78 Å². The summed E-state index contributed by atoms with van der Waals surface area (Å²) in [6.07, 6.45) is 2.30. The van der Waals surface area contributed by atoms with E-state index in [0.717, 1.165) is 19.3 Å². The molecule has 0 aliphatic carbocycles. The number of nitrogens with one attached hydrogen (secondary N) is 1. The van der Waals surface area contributed by atoms with Crippen LogP contribution in [0.1, 0.15) is 24.8 Å². The summed E-state index contributed by atoms with van der Waals surface area (Å²) in [5, 5.41) is 24.6. The number of hydrogen-bond acceptors (Lipinski definition) is 7. The second kappa shape index (κ2) is 10.9. The summed E-state index contributed by atoms with van der Waals surface area (Å²) in [4.78, 5) is 26.5. The predicted molar refractivity (Wildman–Crippen MR) is 127 cm³/mol. The fraction of sp³-hybridized carbons (Fsp3) is 0.458. The molecule has 0 saturated carbocycles. The highest BCUT2D eigenvalue weighted by atomic mass is 19.1. The van der Waals surface area contributed by atoms with Gasteiger partial charge in [-0.15, -0.1) is 0 Å². The van der Waals surface area contributed by atoms with E-state index in [9.17, 15) is 20.0 Å².